The molecule has 1 saturated heterocycles. The molecule has 0 bridgehead atoms. The molecule has 0 aliphatic carbocycles. The summed E-state index contributed by atoms with van der Waals surface area (Å²) in [5, 5.41) is 10.6. The van der Waals surface area contributed by atoms with Crippen LogP contribution in [0.3, 0.4) is 0 Å². The SMILES string of the molecule is CCCCC(CCC)[C@H]1[C@H](C(=O)O)[C@@H](c2ccc3c(c2)OCO3)CN1CC(=O)N(CCCC)CCCC. The zero-order valence-corrected chi connectivity index (χ0v) is 23.4. The molecule has 2 aliphatic rings. The molecule has 7 nitrogen and oxygen atoms in total. The molecule has 0 aromatic heterocycles. The zero-order valence-electron chi connectivity index (χ0n) is 23.4. The number of hydrogen-bond donors (Lipinski definition) is 1. The van der Waals surface area contributed by atoms with E-state index in [-0.39, 0.29) is 37.1 Å². The maximum absolute atomic E-state index is 13.6. The first-order valence-electron chi connectivity index (χ1n) is 14.6. The molecule has 2 aliphatic heterocycles. The lowest BCUT2D eigenvalue weighted by Gasteiger charge is -2.35. The molecular formula is C30H48N2O5. The second-order valence-electron chi connectivity index (χ2n) is 10.8. The molecule has 2 heterocycles. The van der Waals surface area contributed by atoms with E-state index in [1.54, 1.807) is 0 Å². The molecule has 0 spiro atoms. The molecule has 1 aromatic rings. The average Bonchev–Trinajstić information content (AvgIpc) is 3.51. The van der Waals surface area contributed by atoms with Crippen molar-refractivity contribution in [2.75, 3.05) is 33.0 Å². The van der Waals surface area contributed by atoms with Gasteiger partial charge in [-0.25, -0.2) is 0 Å². The van der Waals surface area contributed by atoms with Crippen LogP contribution in [0.25, 0.3) is 0 Å². The minimum Gasteiger partial charge on any atom is -0.481 e. The number of unbranched alkanes of at least 4 members (excludes halogenated alkanes) is 3. The lowest BCUT2D eigenvalue weighted by Crippen LogP contribution is -2.47. The van der Waals surface area contributed by atoms with E-state index in [0.717, 1.165) is 76.4 Å². The van der Waals surface area contributed by atoms with Gasteiger partial charge in [0.1, 0.15) is 0 Å². The van der Waals surface area contributed by atoms with E-state index in [1.165, 1.54) is 0 Å². The summed E-state index contributed by atoms with van der Waals surface area (Å²) in [6.07, 6.45) is 9.20. The fourth-order valence-electron chi connectivity index (χ4n) is 6.14. The predicted octanol–water partition coefficient (Wildman–Crippen LogP) is 5.92. The van der Waals surface area contributed by atoms with Gasteiger partial charge in [0, 0.05) is 31.6 Å². The molecule has 1 amide bonds. The van der Waals surface area contributed by atoms with Crippen LogP contribution in [0.15, 0.2) is 18.2 Å². The van der Waals surface area contributed by atoms with Gasteiger partial charge in [-0.15, -0.1) is 0 Å². The molecule has 0 radical (unpaired) electrons. The van der Waals surface area contributed by atoms with Crippen LogP contribution < -0.4 is 9.47 Å². The van der Waals surface area contributed by atoms with Crippen LogP contribution >= 0.6 is 0 Å². The van der Waals surface area contributed by atoms with Crippen LogP contribution in [0.5, 0.6) is 11.5 Å². The summed E-state index contributed by atoms with van der Waals surface area (Å²) in [7, 11) is 0. The normalized spacial score (nSPS) is 21.8. The largest absolute Gasteiger partial charge is 0.481 e. The minimum absolute atomic E-state index is 0.133. The monoisotopic (exact) mass is 516 g/mol. The summed E-state index contributed by atoms with van der Waals surface area (Å²) in [5.74, 6) is 0.215. The smallest absolute Gasteiger partial charge is 0.308 e. The van der Waals surface area contributed by atoms with E-state index in [1.807, 2.05) is 23.1 Å². The van der Waals surface area contributed by atoms with Crippen LogP contribution in [-0.4, -0.2) is 65.8 Å². The number of aliphatic carboxylic acids is 1. The number of carbonyl (C=O) groups is 2. The van der Waals surface area contributed by atoms with Gasteiger partial charge < -0.3 is 19.5 Å². The number of rotatable bonds is 16. The summed E-state index contributed by atoms with van der Waals surface area (Å²) in [6.45, 7) is 11.2. The average molecular weight is 517 g/mol. The van der Waals surface area contributed by atoms with Gasteiger partial charge >= 0.3 is 5.97 Å². The first kappa shape index (κ1) is 29.3. The van der Waals surface area contributed by atoms with Gasteiger partial charge in [0.25, 0.3) is 0 Å². The number of likely N-dealkylation sites (tertiary alicyclic amines) is 1. The maximum atomic E-state index is 13.6. The number of carboxylic acids is 1. The van der Waals surface area contributed by atoms with E-state index < -0.39 is 11.9 Å². The van der Waals surface area contributed by atoms with E-state index in [2.05, 4.69) is 32.6 Å². The number of carbonyl (C=O) groups excluding carboxylic acids is 1. The van der Waals surface area contributed by atoms with Crippen LogP contribution in [-0.2, 0) is 9.59 Å². The number of fused-ring (bicyclic) bond motifs is 1. The van der Waals surface area contributed by atoms with Crippen molar-refractivity contribution in [3.05, 3.63) is 23.8 Å². The molecule has 7 heteroatoms. The third kappa shape index (κ3) is 7.40. The number of carboxylic acid groups (broad SMARTS) is 1. The van der Waals surface area contributed by atoms with Crippen molar-refractivity contribution in [2.45, 2.75) is 97.4 Å². The van der Waals surface area contributed by atoms with Gasteiger partial charge in [0.05, 0.1) is 12.5 Å². The number of nitrogens with zero attached hydrogens (tertiary/aromatic N) is 2. The van der Waals surface area contributed by atoms with Gasteiger partial charge in [-0.2, -0.15) is 0 Å². The second kappa shape index (κ2) is 14.6. The summed E-state index contributed by atoms with van der Waals surface area (Å²) in [6, 6.07) is 5.65. The molecule has 208 valence electrons. The Balaban J connectivity index is 1.93. The Morgan fingerprint density at radius 2 is 1.65 bits per heavy atom. The Morgan fingerprint density at radius 3 is 2.27 bits per heavy atom. The topological polar surface area (TPSA) is 79.3 Å². The van der Waals surface area contributed by atoms with Crippen LogP contribution in [0.1, 0.15) is 97.0 Å². The van der Waals surface area contributed by atoms with E-state index in [9.17, 15) is 14.7 Å². The number of hydrogen-bond acceptors (Lipinski definition) is 5. The standard InChI is InChI=1S/C30H48N2O5/c1-5-9-13-22(12-8-4)29-28(30(34)35)24(23-14-15-25-26(18-23)37-21-36-25)19-32(29)20-27(33)31(16-10-6-2)17-11-7-3/h14-15,18,22,24,28-29H,5-13,16-17,19-21H2,1-4H3,(H,34,35)/t22?,24-,28-,29+/m1/s1. The van der Waals surface area contributed by atoms with Crippen molar-refractivity contribution in [2.24, 2.45) is 11.8 Å². The van der Waals surface area contributed by atoms with Crippen LogP contribution in [0.2, 0.25) is 0 Å². The molecule has 1 fully saturated rings. The Hall–Kier alpha value is -2.28. The van der Waals surface area contributed by atoms with E-state index in [0.29, 0.717) is 18.0 Å². The highest BCUT2D eigenvalue weighted by molar-refractivity contribution is 5.79. The summed E-state index contributed by atoms with van der Waals surface area (Å²) in [5.41, 5.74) is 0.955. The molecule has 0 saturated carbocycles. The molecule has 3 rings (SSSR count). The lowest BCUT2D eigenvalue weighted by molar-refractivity contribution is -0.144. The lowest BCUT2D eigenvalue weighted by atomic mass is 9.77. The minimum atomic E-state index is -0.769. The number of ether oxygens (including phenoxy) is 2. The summed E-state index contributed by atoms with van der Waals surface area (Å²) in [4.78, 5) is 30.7. The highest BCUT2D eigenvalue weighted by Gasteiger charge is 2.50. The first-order chi connectivity index (χ1) is 17.9. The van der Waals surface area contributed by atoms with Crippen molar-refractivity contribution in [3.63, 3.8) is 0 Å². The zero-order chi connectivity index (χ0) is 26.8. The van der Waals surface area contributed by atoms with E-state index >= 15 is 0 Å². The van der Waals surface area contributed by atoms with Gasteiger partial charge in [-0.3, -0.25) is 14.5 Å². The first-order valence-corrected chi connectivity index (χ1v) is 14.6. The van der Waals surface area contributed by atoms with Crippen molar-refractivity contribution in [1.29, 1.82) is 0 Å². The van der Waals surface area contributed by atoms with E-state index in [4.69, 9.17) is 9.47 Å². The summed E-state index contributed by atoms with van der Waals surface area (Å²) >= 11 is 0. The molecular weight excluding hydrogens is 468 g/mol. The Kier molecular flexibility index (Phi) is 11.6. The fraction of sp³-hybridized carbons (Fsp3) is 0.733. The second-order valence-corrected chi connectivity index (χ2v) is 10.8. The molecule has 1 aromatic carbocycles. The molecule has 1 N–H and O–H groups in total. The van der Waals surface area contributed by atoms with Crippen LogP contribution in [0, 0.1) is 11.8 Å². The molecule has 1 unspecified atom stereocenters. The van der Waals surface area contributed by atoms with Gasteiger partial charge in [-0.1, -0.05) is 65.9 Å². The third-order valence-corrected chi connectivity index (χ3v) is 8.09. The van der Waals surface area contributed by atoms with Crippen molar-refractivity contribution in [3.8, 4) is 11.5 Å². The van der Waals surface area contributed by atoms with Gasteiger partial charge in [-0.05, 0) is 49.3 Å². The highest BCUT2D eigenvalue weighted by Crippen LogP contribution is 2.45. The van der Waals surface area contributed by atoms with Crippen molar-refractivity contribution in [1.82, 2.24) is 9.80 Å². The van der Waals surface area contributed by atoms with Crippen molar-refractivity contribution >= 4 is 11.9 Å². The molecule has 37 heavy (non-hydrogen) atoms. The number of benzene rings is 1. The quantitative estimate of drug-likeness (QED) is 0.294. The van der Waals surface area contributed by atoms with Gasteiger partial charge in [0.2, 0.25) is 12.7 Å². The highest BCUT2D eigenvalue weighted by atomic mass is 16.7. The van der Waals surface area contributed by atoms with Crippen LogP contribution in [0.4, 0.5) is 0 Å². The molecule has 4 atom stereocenters. The Labute approximate surface area is 223 Å². The maximum Gasteiger partial charge on any atom is 0.308 e. The van der Waals surface area contributed by atoms with Gasteiger partial charge in [0.15, 0.2) is 11.5 Å². The Bertz CT molecular complexity index is 868. The fourth-order valence-corrected chi connectivity index (χ4v) is 6.14. The Morgan fingerprint density at radius 1 is 0.973 bits per heavy atom. The summed E-state index contributed by atoms with van der Waals surface area (Å²) < 4.78 is 11.1. The van der Waals surface area contributed by atoms with Crippen molar-refractivity contribution < 1.29 is 24.2 Å². The number of amides is 1. The third-order valence-electron chi connectivity index (χ3n) is 8.09. The predicted molar refractivity (Wildman–Crippen MR) is 146 cm³/mol.